The van der Waals surface area contributed by atoms with Crippen LogP contribution in [-0.2, 0) is 12.7 Å². The molecule has 0 unspecified atom stereocenters. The van der Waals surface area contributed by atoms with Crippen LogP contribution in [0.2, 0.25) is 0 Å². The first kappa shape index (κ1) is 18.8. The zero-order chi connectivity index (χ0) is 18.9. The van der Waals surface area contributed by atoms with Gasteiger partial charge in [0, 0.05) is 18.2 Å². The Morgan fingerprint density at radius 1 is 1.19 bits per heavy atom. The molecule has 0 atom stereocenters. The van der Waals surface area contributed by atoms with Gasteiger partial charge in [0.1, 0.15) is 5.75 Å². The molecular weight excluding hydrogens is 411 g/mol. The van der Waals surface area contributed by atoms with Gasteiger partial charge in [0.25, 0.3) is 5.91 Å². The van der Waals surface area contributed by atoms with E-state index in [1.807, 2.05) is 0 Å². The lowest BCUT2D eigenvalue weighted by Gasteiger charge is -2.23. The van der Waals surface area contributed by atoms with Crippen molar-refractivity contribution in [2.24, 2.45) is 0 Å². The van der Waals surface area contributed by atoms with Gasteiger partial charge in [-0.05, 0) is 64.7 Å². The molecule has 0 aliphatic heterocycles. The standard InChI is InChI=1S/C19H17BrF3NO2/c1-26-17-9-4-13(10-16(17)20)18(25)24(15-7-8-15)11-12-2-5-14(6-3-12)19(21,22)23/h2-6,9-10,15H,7-8,11H2,1H3. The van der Waals surface area contributed by atoms with Gasteiger partial charge < -0.3 is 9.64 Å². The first-order valence-corrected chi connectivity index (χ1v) is 8.89. The molecule has 1 saturated carbocycles. The van der Waals surface area contributed by atoms with Crippen LogP contribution in [0, 0.1) is 0 Å². The van der Waals surface area contributed by atoms with Crippen molar-refractivity contribution in [3.8, 4) is 5.75 Å². The van der Waals surface area contributed by atoms with Crippen LogP contribution in [0.5, 0.6) is 5.75 Å². The molecule has 1 amide bonds. The molecule has 0 N–H and O–H groups in total. The molecule has 3 nitrogen and oxygen atoms in total. The van der Waals surface area contributed by atoms with E-state index in [0.717, 1.165) is 25.0 Å². The van der Waals surface area contributed by atoms with Gasteiger partial charge in [-0.15, -0.1) is 0 Å². The number of hydrogen-bond acceptors (Lipinski definition) is 2. The van der Waals surface area contributed by atoms with Gasteiger partial charge in [-0.25, -0.2) is 0 Å². The minimum Gasteiger partial charge on any atom is -0.496 e. The normalized spacial score (nSPS) is 14.2. The highest BCUT2D eigenvalue weighted by Crippen LogP contribution is 2.33. The molecule has 26 heavy (non-hydrogen) atoms. The van der Waals surface area contributed by atoms with Crippen molar-refractivity contribution in [2.45, 2.75) is 31.6 Å². The maximum Gasteiger partial charge on any atom is 0.416 e. The lowest BCUT2D eigenvalue weighted by molar-refractivity contribution is -0.137. The molecule has 0 spiro atoms. The van der Waals surface area contributed by atoms with Crippen LogP contribution < -0.4 is 4.74 Å². The predicted molar refractivity (Wildman–Crippen MR) is 95.0 cm³/mol. The summed E-state index contributed by atoms with van der Waals surface area (Å²) in [7, 11) is 1.54. The minimum absolute atomic E-state index is 0.130. The maximum absolute atomic E-state index is 12.9. The Bertz CT molecular complexity index is 801. The molecule has 1 aliphatic carbocycles. The summed E-state index contributed by atoms with van der Waals surface area (Å²) in [6.07, 6.45) is -2.55. The van der Waals surface area contributed by atoms with E-state index in [1.165, 1.54) is 12.1 Å². The molecule has 2 aromatic carbocycles. The number of nitrogens with zero attached hydrogens (tertiary/aromatic N) is 1. The fourth-order valence-corrected chi connectivity index (χ4v) is 3.25. The van der Waals surface area contributed by atoms with Crippen LogP contribution in [0.1, 0.15) is 34.3 Å². The van der Waals surface area contributed by atoms with Crippen LogP contribution in [-0.4, -0.2) is 24.0 Å². The van der Waals surface area contributed by atoms with E-state index in [1.54, 1.807) is 30.2 Å². The van der Waals surface area contributed by atoms with E-state index >= 15 is 0 Å². The summed E-state index contributed by atoms with van der Waals surface area (Å²) in [6.45, 7) is 0.283. The third kappa shape index (κ3) is 4.20. The maximum atomic E-state index is 12.9. The monoisotopic (exact) mass is 427 g/mol. The number of carbonyl (C=O) groups is 1. The van der Waals surface area contributed by atoms with Crippen molar-refractivity contribution < 1.29 is 22.7 Å². The zero-order valence-corrected chi connectivity index (χ0v) is 15.6. The van der Waals surface area contributed by atoms with Crippen molar-refractivity contribution in [1.29, 1.82) is 0 Å². The number of ether oxygens (including phenoxy) is 1. The quantitative estimate of drug-likeness (QED) is 0.649. The summed E-state index contributed by atoms with van der Waals surface area (Å²) < 4.78 is 43.9. The van der Waals surface area contributed by atoms with E-state index in [2.05, 4.69) is 15.9 Å². The number of benzene rings is 2. The van der Waals surface area contributed by atoms with Gasteiger partial charge in [0.05, 0.1) is 17.1 Å². The van der Waals surface area contributed by atoms with Crippen molar-refractivity contribution in [3.63, 3.8) is 0 Å². The lowest BCUT2D eigenvalue weighted by atomic mass is 10.1. The average Bonchev–Trinajstić information content (AvgIpc) is 3.43. The number of alkyl halides is 3. The number of methoxy groups -OCH3 is 1. The number of rotatable bonds is 5. The lowest BCUT2D eigenvalue weighted by Crippen LogP contribution is -2.32. The van der Waals surface area contributed by atoms with E-state index < -0.39 is 11.7 Å². The highest BCUT2D eigenvalue weighted by atomic mass is 79.9. The molecule has 0 heterocycles. The molecule has 1 fully saturated rings. The molecule has 0 radical (unpaired) electrons. The van der Waals surface area contributed by atoms with E-state index in [4.69, 9.17) is 4.74 Å². The third-order valence-electron chi connectivity index (χ3n) is 4.28. The highest BCUT2D eigenvalue weighted by Gasteiger charge is 2.34. The fraction of sp³-hybridized carbons (Fsp3) is 0.316. The summed E-state index contributed by atoms with van der Waals surface area (Å²) in [5.41, 5.74) is 0.493. The summed E-state index contributed by atoms with van der Waals surface area (Å²) >= 11 is 3.37. The molecular formula is C19H17BrF3NO2. The molecule has 2 aromatic rings. The second-order valence-corrected chi connectivity index (χ2v) is 7.06. The van der Waals surface area contributed by atoms with Gasteiger partial charge in [0.2, 0.25) is 0 Å². The molecule has 138 valence electrons. The van der Waals surface area contributed by atoms with Gasteiger partial charge in [-0.3, -0.25) is 4.79 Å². The minimum atomic E-state index is -4.36. The summed E-state index contributed by atoms with van der Waals surface area (Å²) in [4.78, 5) is 14.6. The van der Waals surface area contributed by atoms with Crippen LogP contribution in [0.25, 0.3) is 0 Å². The Hall–Kier alpha value is -2.02. The highest BCUT2D eigenvalue weighted by molar-refractivity contribution is 9.10. The number of halogens is 4. The molecule has 7 heteroatoms. The van der Waals surface area contributed by atoms with Crippen molar-refractivity contribution in [3.05, 3.63) is 63.6 Å². The Labute approximate surface area is 157 Å². The Morgan fingerprint density at radius 2 is 1.85 bits per heavy atom. The third-order valence-corrected chi connectivity index (χ3v) is 4.90. The second-order valence-electron chi connectivity index (χ2n) is 6.21. The van der Waals surface area contributed by atoms with Gasteiger partial charge in [-0.2, -0.15) is 13.2 Å². The van der Waals surface area contributed by atoms with E-state index in [0.29, 0.717) is 21.3 Å². The molecule has 1 aliphatic rings. The molecule has 3 rings (SSSR count). The fourth-order valence-electron chi connectivity index (χ4n) is 2.71. The first-order valence-electron chi connectivity index (χ1n) is 8.10. The summed E-state index contributed by atoms with van der Waals surface area (Å²) in [5, 5.41) is 0. The van der Waals surface area contributed by atoms with Gasteiger partial charge in [0.15, 0.2) is 0 Å². The van der Waals surface area contributed by atoms with Crippen LogP contribution in [0.15, 0.2) is 46.9 Å². The topological polar surface area (TPSA) is 29.5 Å². The van der Waals surface area contributed by atoms with Crippen LogP contribution >= 0.6 is 15.9 Å². The predicted octanol–water partition coefficient (Wildman–Crippen LogP) is 5.28. The zero-order valence-electron chi connectivity index (χ0n) is 14.0. The Morgan fingerprint density at radius 3 is 2.35 bits per heavy atom. The molecule has 0 aromatic heterocycles. The second kappa shape index (κ2) is 7.31. The van der Waals surface area contributed by atoms with Crippen molar-refractivity contribution in [2.75, 3.05) is 7.11 Å². The smallest absolute Gasteiger partial charge is 0.416 e. The first-order chi connectivity index (χ1) is 12.3. The Balaban J connectivity index is 1.79. The summed E-state index contributed by atoms with van der Waals surface area (Å²) in [6, 6.07) is 10.2. The number of hydrogen-bond donors (Lipinski definition) is 0. The van der Waals surface area contributed by atoms with Crippen molar-refractivity contribution >= 4 is 21.8 Å². The number of amides is 1. The van der Waals surface area contributed by atoms with Crippen LogP contribution in [0.4, 0.5) is 13.2 Å². The number of carbonyl (C=O) groups excluding carboxylic acids is 1. The van der Waals surface area contributed by atoms with E-state index in [-0.39, 0.29) is 18.5 Å². The summed E-state index contributed by atoms with van der Waals surface area (Å²) in [5.74, 6) is 0.484. The molecule has 0 bridgehead atoms. The van der Waals surface area contributed by atoms with Crippen molar-refractivity contribution in [1.82, 2.24) is 4.90 Å². The van der Waals surface area contributed by atoms with E-state index in [9.17, 15) is 18.0 Å². The SMILES string of the molecule is COc1ccc(C(=O)N(Cc2ccc(C(F)(F)F)cc2)C2CC2)cc1Br. The average molecular weight is 428 g/mol. The van der Waals surface area contributed by atoms with Crippen LogP contribution in [0.3, 0.4) is 0 Å². The van der Waals surface area contributed by atoms with Gasteiger partial charge >= 0.3 is 6.18 Å². The molecule has 0 saturated heterocycles. The van der Waals surface area contributed by atoms with Gasteiger partial charge in [-0.1, -0.05) is 12.1 Å². The largest absolute Gasteiger partial charge is 0.496 e. The Kier molecular flexibility index (Phi) is 5.27.